The molecule has 2 saturated heterocycles. The summed E-state index contributed by atoms with van der Waals surface area (Å²) < 4.78 is 0. The second kappa shape index (κ2) is 3.34. The van der Waals surface area contributed by atoms with Crippen molar-refractivity contribution in [3.05, 3.63) is 0 Å². The van der Waals surface area contributed by atoms with Crippen LogP contribution in [-0.4, -0.2) is 36.7 Å². The van der Waals surface area contributed by atoms with Gasteiger partial charge >= 0.3 is 0 Å². The van der Waals surface area contributed by atoms with Crippen LogP contribution in [0, 0.1) is 0 Å². The molecular weight excluding hydrogens is 164 g/mol. The standard InChI is InChI=1S/C6H12N2S2/c1-2-8-6-4-10-9-3-5(6)7-1/h5-8H,1-4H2/t5-,6-/m1/s1. The normalized spacial score (nSPS) is 40.8. The number of hydrogen-bond acceptors (Lipinski definition) is 4. The lowest BCUT2D eigenvalue weighted by Gasteiger charge is -2.36. The molecule has 2 aliphatic rings. The Morgan fingerprint density at radius 2 is 1.40 bits per heavy atom. The smallest absolute Gasteiger partial charge is 0.0329 e. The zero-order valence-corrected chi connectivity index (χ0v) is 7.43. The molecule has 2 heterocycles. The van der Waals surface area contributed by atoms with Gasteiger partial charge in [-0.3, -0.25) is 0 Å². The lowest BCUT2D eigenvalue weighted by atomic mass is 10.1. The van der Waals surface area contributed by atoms with Gasteiger partial charge in [0.1, 0.15) is 0 Å². The summed E-state index contributed by atoms with van der Waals surface area (Å²) in [5.41, 5.74) is 0. The molecular formula is C6H12N2S2. The van der Waals surface area contributed by atoms with Gasteiger partial charge in [-0.15, -0.1) is 0 Å². The number of fused-ring (bicyclic) bond motifs is 1. The fourth-order valence-corrected chi connectivity index (χ4v) is 4.04. The maximum Gasteiger partial charge on any atom is 0.0329 e. The van der Waals surface area contributed by atoms with Gasteiger partial charge in [0.15, 0.2) is 0 Å². The second-order valence-corrected chi connectivity index (χ2v) is 5.24. The first-order valence-electron chi connectivity index (χ1n) is 3.68. The van der Waals surface area contributed by atoms with E-state index in [-0.39, 0.29) is 0 Å². The number of rotatable bonds is 0. The van der Waals surface area contributed by atoms with Crippen molar-refractivity contribution in [1.82, 2.24) is 10.6 Å². The molecule has 0 spiro atoms. The third kappa shape index (κ3) is 1.44. The van der Waals surface area contributed by atoms with Crippen LogP contribution in [0.5, 0.6) is 0 Å². The van der Waals surface area contributed by atoms with Crippen molar-refractivity contribution in [2.24, 2.45) is 0 Å². The predicted octanol–water partition coefficient (Wildman–Crippen LogP) is 0.311. The third-order valence-corrected chi connectivity index (χ3v) is 4.48. The Morgan fingerprint density at radius 3 is 1.90 bits per heavy atom. The van der Waals surface area contributed by atoms with E-state index in [0.717, 1.165) is 25.2 Å². The lowest BCUT2D eigenvalue weighted by molar-refractivity contribution is 0.365. The minimum absolute atomic E-state index is 0.736. The summed E-state index contributed by atoms with van der Waals surface area (Å²) in [7, 11) is 3.99. The molecule has 2 nitrogen and oxygen atoms in total. The minimum atomic E-state index is 0.736. The van der Waals surface area contributed by atoms with E-state index < -0.39 is 0 Å². The van der Waals surface area contributed by atoms with Gasteiger partial charge in [-0.2, -0.15) is 0 Å². The Kier molecular flexibility index (Phi) is 2.43. The Hall–Kier alpha value is 0.620. The van der Waals surface area contributed by atoms with Crippen molar-refractivity contribution in [1.29, 1.82) is 0 Å². The van der Waals surface area contributed by atoms with Gasteiger partial charge in [-0.25, -0.2) is 0 Å². The lowest BCUT2D eigenvalue weighted by Crippen LogP contribution is -2.59. The quantitative estimate of drug-likeness (QED) is 0.519. The molecule has 10 heavy (non-hydrogen) atoms. The monoisotopic (exact) mass is 176 g/mol. The summed E-state index contributed by atoms with van der Waals surface area (Å²) in [6.45, 7) is 2.29. The first kappa shape index (κ1) is 7.28. The van der Waals surface area contributed by atoms with Crippen LogP contribution in [0.3, 0.4) is 0 Å². The molecule has 2 fully saturated rings. The largest absolute Gasteiger partial charge is 0.310 e. The first-order chi connectivity index (χ1) is 4.97. The number of piperazine rings is 1. The maximum atomic E-state index is 3.52. The zero-order chi connectivity index (χ0) is 6.81. The molecule has 0 aromatic heterocycles. The van der Waals surface area contributed by atoms with Crippen LogP contribution in [0.25, 0.3) is 0 Å². The van der Waals surface area contributed by atoms with E-state index in [0.29, 0.717) is 0 Å². The first-order valence-corrected chi connectivity index (χ1v) is 6.17. The van der Waals surface area contributed by atoms with Gasteiger partial charge in [0.05, 0.1) is 0 Å². The molecule has 2 rings (SSSR count). The Labute approximate surface area is 69.3 Å². The van der Waals surface area contributed by atoms with Gasteiger partial charge in [-0.05, 0) is 0 Å². The van der Waals surface area contributed by atoms with E-state index in [1.807, 2.05) is 21.6 Å². The number of nitrogens with one attached hydrogen (secondary N) is 2. The number of hydrogen-bond donors (Lipinski definition) is 2. The van der Waals surface area contributed by atoms with Gasteiger partial charge in [0, 0.05) is 36.7 Å². The van der Waals surface area contributed by atoms with Crippen LogP contribution in [0.2, 0.25) is 0 Å². The van der Waals surface area contributed by atoms with Crippen LogP contribution in [0.4, 0.5) is 0 Å². The predicted molar refractivity (Wildman–Crippen MR) is 48.5 cm³/mol. The van der Waals surface area contributed by atoms with Crippen molar-refractivity contribution in [2.45, 2.75) is 12.1 Å². The second-order valence-electron chi connectivity index (χ2n) is 2.69. The summed E-state index contributed by atoms with van der Waals surface area (Å²) in [4.78, 5) is 0. The van der Waals surface area contributed by atoms with E-state index in [2.05, 4.69) is 10.6 Å². The molecule has 0 aliphatic carbocycles. The van der Waals surface area contributed by atoms with Crippen LogP contribution in [0.15, 0.2) is 0 Å². The van der Waals surface area contributed by atoms with Crippen LogP contribution in [0.1, 0.15) is 0 Å². The summed E-state index contributed by atoms with van der Waals surface area (Å²) >= 11 is 0. The fraction of sp³-hybridized carbons (Fsp3) is 1.00. The van der Waals surface area contributed by atoms with E-state index in [4.69, 9.17) is 0 Å². The van der Waals surface area contributed by atoms with Gasteiger partial charge < -0.3 is 10.6 Å². The summed E-state index contributed by atoms with van der Waals surface area (Å²) in [6.07, 6.45) is 0. The van der Waals surface area contributed by atoms with Gasteiger partial charge in [-0.1, -0.05) is 21.6 Å². The summed E-state index contributed by atoms with van der Waals surface area (Å²) in [5, 5.41) is 7.05. The molecule has 0 radical (unpaired) electrons. The molecule has 2 N–H and O–H groups in total. The third-order valence-electron chi connectivity index (χ3n) is 2.00. The van der Waals surface area contributed by atoms with Gasteiger partial charge in [0.2, 0.25) is 0 Å². The van der Waals surface area contributed by atoms with Crippen LogP contribution < -0.4 is 10.6 Å². The zero-order valence-electron chi connectivity index (χ0n) is 5.80. The maximum absolute atomic E-state index is 3.52. The average Bonchev–Trinajstić information content (AvgIpc) is 2.05. The van der Waals surface area contributed by atoms with E-state index in [9.17, 15) is 0 Å². The van der Waals surface area contributed by atoms with Crippen LogP contribution >= 0.6 is 21.6 Å². The highest BCUT2D eigenvalue weighted by atomic mass is 33.1. The summed E-state index contributed by atoms with van der Waals surface area (Å²) in [5.74, 6) is 2.53. The highest BCUT2D eigenvalue weighted by Gasteiger charge is 2.27. The Morgan fingerprint density at radius 1 is 0.900 bits per heavy atom. The minimum Gasteiger partial charge on any atom is -0.310 e. The highest BCUT2D eigenvalue weighted by Crippen LogP contribution is 2.30. The fourth-order valence-electron chi connectivity index (χ4n) is 1.39. The van der Waals surface area contributed by atoms with Crippen molar-refractivity contribution < 1.29 is 0 Å². The van der Waals surface area contributed by atoms with E-state index in [1.54, 1.807) is 0 Å². The molecule has 2 atom stereocenters. The molecule has 2 aliphatic heterocycles. The van der Waals surface area contributed by atoms with Crippen molar-refractivity contribution in [2.75, 3.05) is 24.6 Å². The molecule has 58 valence electrons. The average molecular weight is 176 g/mol. The van der Waals surface area contributed by atoms with Crippen molar-refractivity contribution >= 4 is 21.6 Å². The Balaban J connectivity index is 1.93. The molecule has 0 aromatic rings. The molecule has 0 unspecified atom stereocenters. The van der Waals surface area contributed by atoms with Crippen molar-refractivity contribution in [3.8, 4) is 0 Å². The van der Waals surface area contributed by atoms with Crippen molar-refractivity contribution in [3.63, 3.8) is 0 Å². The molecule has 4 heteroatoms. The molecule has 0 bridgehead atoms. The molecule has 0 saturated carbocycles. The van der Waals surface area contributed by atoms with E-state index >= 15 is 0 Å². The summed E-state index contributed by atoms with van der Waals surface area (Å²) in [6, 6.07) is 1.47. The van der Waals surface area contributed by atoms with Crippen LogP contribution in [-0.2, 0) is 0 Å². The topological polar surface area (TPSA) is 24.1 Å². The SMILES string of the molecule is C1CN[C@@H]2CSSC[C@H]2N1. The highest BCUT2D eigenvalue weighted by molar-refractivity contribution is 8.76. The molecule has 0 aromatic carbocycles. The van der Waals surface area contributed by atoms with Gasteiger partial charge in [0.25, 0.3) is 0 Å². The Bertz CT molecular complexity index is 94.3. The van der Waals surface area contributed by atoms with E-state index in [1.165, 1.54) is 11.5 Å². The molecule has 0 amide bonds.